The van der Waals surface area contributed by atoms with Gasteiger partial charge in [-0.2, -0.15) is 0 Å². The number of hydrogen-bond donors (Lipinski definition) is 0. The van der Waals surface area contributed by atoms with Gasteiger partial charge in [0.1, 0.15) is 0 Å². The third kappa shape index (κ3) is 3.79. The Morgan fingerprint density at radius 2 is 2.18 bits per heavy atom. The zero-order valence-electron chi connectivity index (χ0n) is 10.6. The molecule has 1 aliphatic carbocycles. The number of rotatable bonds is 4. The lowest BCUT2D eigenvalue weighted by Crippen LogP contribution is -2.05. The van der Waals surface area contributed by atoms with Gasteiger partial charge in [0, 0.05) is 4.11 Å². The molecule has 0 radical (unpaired) electrons. The van der Waals surface area contributed by atoms with E-state index in [0.717, 1.165) is 25.7 Å². The van der Waals surface area contributed by atoms with Gasteiger partial charge in [0.25, 0.3) is 0 Å². The highest BCUT2D eigenvalue weighted by Gasteiger charge is 2.11. The molecule has 0 aromatic rings. The van der Waals surface area contributed by atoms with Crippen molar-refractivity contribution in [2.45, 2.75) is 64.6 Å². The maximum absolute atomic E-state index is 7.90. The largest absolute Gasteiger partial charge is 0.0654 e. The van der Waals surface area contributed by atoms with Crippen LogP contribution in [0.2, 0.25) is 0 Å². The van der Waals surface area contributed by atoms with Crippen molar-refractivity contribution in [3.8, 4) is 0 Å². The van der Waals surface area contributed by atoms with Crippen LogP contribution in [-0.4, -0.2) is 0 Å². The molecular weight excluding hydrogens is 132 g/mol. The molecule has 0 nitrogen and oxygen atoms in total. The molecule has 0 aromatic carbocycles. The lowest BCUT2D eigenvalue weighted by Gasteiger charge is -2.20. The van der Waals surface area contributed by atoms with Gasteiger partial charge in [-0.05, 0) is 5.92 Å². The first-order chi connectivity index (χ1) is 6.58. The lowest BCUT2D eigenvalue weighted by atomic mass is 9.86. The summed E-state index contributed by atoms with van der Waals surface area (Å²) in [5.74, 6) is -0.0113. The van der Waals surface area contributed by atoms with Crippen LogP contribution in [0.25, 0.3) is 0 Å². The molecule has 0 heteroatoms. The fraction of sp³-hybridized carbons (Fsp3) is 1.00. The lowest BCUT2D eigenvalue weighted by molar-refractivity contribution is 0.329. The van der Waals surface area contributed by atoms with E-state index in [0.29, 0.717) is 6.42 Å². The summed E-state index contributed by atoms with van der Waals surface area (Å²) in [5, 5.41) is 0. The van der Waals surface area contributed by atoms with E-state index in [9.17, 15) is 0 Å². The fourth-order valence-corrected chi connectivity index (χ4v) is 1.63. The van der Waals surface area contributed by atoms with Gasteiger partial charge >= 0.3 is 0 Å². The van der Waals surface area contributed by atoms with Gasteiger partial charge in [-0.25, -0.2) is 0 Å². The molecule has 0 spiro atoms. The zero-order chi connectivity index (χ0) is 10.6. The van der Waals surface area contributed by atoms with E-state index in [2.05, 4.69) is 6.92 Å². The molecule has 0 heterocycles. The number of hydrogen-bond acceptors (Lipinski definition) is 0. The summed E-state index contributed by atoms with van der Waals surface area (Å²) in [6.45, 7) is 2.16. The highest BCUT2D eigenvalue weighted by molar-refractivity contribution is 4.65. The Hall–Kier alpha value is 0. The molecule has 11 heavy (non-hydrogen) atoms. The van der Waals surface area contributed by atoms with Crippen LogP contribution in [-0.2, 0) is 0 Å². The van der Waals surface area contributed by atoms with Crippen LogP contribution in [0.4, 0.5) is 0 Å². The van der Waals surface area contributed by atoms with E-state index in [1.807, 2.05) is 0 Å². The third-order valence-electron chi connectivity index (χ3n) is 2.36. The van der Waals surface area contributed by atoms with Crippen molar-refractivity contribution in [1.29, 1.82) is 0 Å². The number of unbranched alkanes of at least 4 members (excludes halogenated alkanes) is 2. The Kier molecular flexibility index (Phi) is 2.87. The van der Waals surface area contributed by atoms with Gasteiger partial charge in [-0.3, -0.25) is 0 Å². The summed E-state index contributed by atoms with van der Waals surface area (Å²) in [4.78, 5) is 0. The summed E-state index contributed by atoms with van der Waals surface area (Å²) in [6, 6.07) is 0. The van der Waals surface area contributed by atoms with Crippen LogP contribution in [0.15, 0.2) is 0 Å². The van der Waals surface area contributed by atoms with Crippen molar-refractivity contribution in [3.05, 3.63) is 0 Å². The van der Waals surface area contributed by atoms with Crippen LogP contribution < -0.4 is 0 Å². The van der Waals surface area contributed by atoms with Gasteiger partial charge in [-0.1, -0.05) is 64.6 Å². The minimum Gasteiger partial charge on any atom is -0.0654 e. The molecule has 0 saturated heterocycles. The van der Waals surface area contributed by atoms with Gasteiger partial charge in [0.15, 0.2) is 0 Å². The van der Waals surface area contributed by atoms with Gasteiger partial charge in [0.2, 0.25) is 0 Å². The third-order valence-corrected chi connectivity index (χ3v) is 2.36. The highest BCUT2D eigenvalue weighted by atomic mass is 14.2. The minimum absolute atomic E-state index is 0.0113. The van der Waals surface area contributed by atoms with Crippen LogP contribution in [0.3, 0.4) is 0 Å². The summed E-state index contributed by atoms with van der Waals surface area (Å²) in [6.07, 6.45) is 5.60. The van der Waals surface area contributed by atoms with Crippen molar-refractivity contribution in [2.75, 3.05) is 0 Å². The molecule has 0 N–H and O–H groups in total. The first-order valence-corrected chi connectivity index (χ1v) is 5.00. The highest BCUT2D eigenvalue weighted by Crippen LogP contribution is 2.27. The predicted octanol–water partition coefficient (Wildman–Crippen LogP) is 4.15. The normalized spacial score (nSPS) is 40.6. The first kappa shape index (κ1) is 5.61. The summed E-state index contributed by atoms with van der Waals surface area (Å²) < 4.78 is 23.7. The average molecular weight is 157 g/mol. The summed E-state index contributed by atoms with van der Waals surface area (Å²) >= 11 is 0. The maximum atomic E-state index is 7.90. The molecule has 66 valence electrons. The topological polar surface area (TPSA) is 0 Å². The van der Waals surface area contributed by atoms with Crippen molar-refractivity contribution in [1.82, 2.24) is 0 Å². The molecular formula is C11H22. The van der Waals surface area contributed by atoms with Gasteiger partial charge < -0.3 is 0 Å². The van der Waals surface area contributed by atoms with Crippen LogP contribution >= 0.6 is 0 Å². The van der Waals surface area contributed by atoms with E-state index >= 15 is 0 Å². The van der Waals surface area contributed by atoms with Crippen molar-refractivity contribution < 1.29 is 4.11 Å². The average Bonchev–Trinajstić information content (AvgIpc) is 2.09. The Morgan fingerprint density at radius 3 is 2.91 bits per heavy atom. The molecule has 1 aliphatic rings. The molecule has 1 rings (SSSR count). The predicted molar refractivity (Wildman–Crippen MR) is 50.7 cm³/mol. The van der Waals surface area contributed by atoms with E-state index in [1.54, 1.807) is 0 Å². The summed E-state index contributed by atoms with van der Waals surface area (Å²) in [5.41, 5.74) is 0. The fourth-order valence-electron chi connectivity index (χ4n) is 1.63. The van der Waals surface area contributed by atoms with E-state index in [4.69, 9.17) is 4.11 Å². The SMILES string of the molecule is [2H]C1CCCC([2H])([2H])C1CCCCC. The molecule has 2 unspecified atom stereocenters. The monoisotopic (exact) mass is 157 g/mol. The smallest absolute Gasteiger partial charge is 0.0269 e. The zero-order valence-corrected chi connectivity index (χ0v) is 7.60. The Balaban J connectivity index is 2.44. The van der Waals surface area contributed by atoms with E-state index < -0.39 is 6.37 Å². The molecule has 1 saturated carbocycles. The van der Waals surface area contributed by atoms with Crippen LogP contribution in [0.1, 0.15) is 68.8 Å². The Morgan fingerprint density at radius 1 is 1.27 bits per heavy atom. The molecule has 0 aliphatic heterocycles. The van der Waals surface area contributed by atoms with E-state index in [1.165, 1.54) is 12.8 Å². The molecule has 0 aromatic heterocycles. The standard InChI is InChI=1S/C11H22/c1-2-3-5-8-11-9-6-4-7-10-11/h11H,2-10H2,1H3/i9D,10D2. The molecule has 1 fully saturated rings. The van der Waals surface area contributed by atoms with E-state index in [-0.39, 0.29) is 12.3 Å². The molecule has 0 amide bonds. The molecule has 0 bridgehead atoms. The van der Waals surface area contributed by atoms with Crippen LogP contribution in [0.5, 0.6) is 0 Å². The van der Waals surface area contributed by atoms with Crippen LogP contribution in [0, 0.1) is 5.92 Å². The second-order valence-corrected chi connectivity index (χ2v) is 3.43. The Labute approximate surface area is 75.6 Å². The van der Waals surface area contributed by atoms with Crippen molar-refractivity contribution >= 4 is 0 Å². The maximum Gasteiger partial charge on any atom is 0.0269 e. The quantitative estimate of drug-likeness (QED) is 0.538. The second kappa shape index (κ2) is 5.62. The second-order valence-electron chi connectivity index (χ2n) is 3.43. The van der Waals surface area contributed by atoms with Gasteiger partial charge in [0.05, 0.1) is 0 Å². The molecule has 2 atom stereocenters. The minimum atomic E-state index is -1.07. The van der Waals surface area contributed by atoms with Gasteiger partial charge in [-0.15, -0.1) is 0 Å². The first-order valence-electron chi connectivity index (χ1n) is 6.58. The van der Waals surface area contributed by atoms with Crippen molar-refractivity contribution in [2.24, 2.45) is 5.92 Å². The summed E-state index contributed by atoms with van der Waals surface area (Å²) in [7, 11) is 0. The van der Waals surface area contributed by atoms with Crippen molar-refractivity contribution in [3.63, 3.8) is 0 Å². The Bertz CT molecular complexity index is 168.